The predicted octanol–water partition coefficient (Wildman–Crippen LogP) is 3.30. The molecule has 0 bridgehead atoms. The van der Waals surface area contributed by atoms with Crippen molar-refractivity contribution in [3.63, 3.8) is 0 Å². The molecule has 0 fully saturated rings. The van der Waals surface area contributed by atoms with E-state index in [4.69, 9.17) is 16.0 Å². The maximum Gasteiger partial charge on any atom is 0.236 e. The van der Waals surface area contributed by atoms with Gasteiger partial charge in [-0.15, -0.1) is 11.3 Å². The molecule has 0 unspecified atom stereocenters. The van der Waals surface area contributed by atoms with Crippen molar-refractivity contribution in [2.75, 3.05) is 0 Å². The van der Waals surface area contributed by atoms with Crippen LogP contribution in [-0.2, 0) is 6.54 Å². The van der Waals surface area contributed by atoms with Crippen LogP contribution < -0.4 is 0 Å². The van der Waals surface area contributed by atoms with Gasteiger partial charge >= 0.3 is 0 Å². The third-order valence-electron chi connectivity index (χ3n) is 2.21. The first-order valence-electron chi connectivity index (χ1n) is 4.97. The fraction of sp³-hybridized carbons (Fsp3) is 0.0909. The molecule has 86 valence electrons. The molecule has 0 N–H and O–H groups in total. The van der Waals surface area contributed by atoms with Crippen molar-refractivity contribution < 1.29 is 4.42 Å². The third kappa shape index (κ3) is 2.25. The van der Waals surface area contributed by atoms with Gasteiger partial charge in [-0.1, -0.05) is 17.7 Å². The summed E-state index contributed by atoms with van der Waals surface area (Å²) in [6, 6.07) is 3.95. The Labute approximate surface area is 106 Å². The highest BCUT2D eigenvalue weighted by molar-refractivity contribution is 7.13. The fourth-order valence-corrected chi connectivity index (χ4v) is 2.30. The van der Waals surface area contributed by atoms with Crippen LogP contribution in [0, 0.1) is 0 Å². The van der Waals surface area contributed by atoms with Crippen molar-refractivity contribution >= 4 is 22.9 Å². The lowest BCUT2D eigenvalue weighted by molar-refractivity contribution is 0.571. The van der Waals surface area contributed by atoms with Gasteiger partial charge < -0.3 is 4.42 Å². The molecule has 0 amide bonds. The van der Waals surface area contributed by atoms with Crippen LogP contribution in [0.4, 0.5) is 0 Å². The number of thiophene rings is 1. The number of aromatic nitrogens is 3. The van der Waals surface area contributed by atoms with Gasteiger partial charge in [0.1, 0.15) is 12.0 Å². The summed E-state index contributed by atoms with van der Waals surface area (Å²) in [6.07, 6.45) is 4.99. The van der Waals surface area contributed by atoms with E-state index in [-0.39, 0.29) is 0 Å². The highest BCUT2D eigenvalue weighted by Gasteiger charge is 2.08. The SMILES string of the molecule is Clc1cnn(Cc2coc(-c3cccs3)n2)c1. The lowest BCUT2D eigenvalue weighted by Gasteiger charge is -1.94. The Hall–Kier alpha value is -1.59. The largest absolute Gasteiger partial charge is 0.443 e. The average molecular weight is 266 g/mol. The minimum absolute atomic E-state index is 0.557. The number of hydrogen-bond acceptors (Lipinski definition) is 4. The molecule has 0 saturated heterocycles. The maximum absolute atomic E-state index is 5.79. The van der Waals surface area contributed by atoms with E-state index >= 15 is 0 Å². The molecule has 0 aromatic carbocycles. The fourth-order valence-electron chi connectivity index (χ4n) is 1.48. The van der Waals surface area contributed by atoms with E-state index in [0.29, 0.717) is 17.5 Å². The lowest BCUT2D eigenvalue weighted by atomic mass is 10.4. The number of nitrogens with zero attached hydrogens (tertiary/aromatic N) is 3. The van der Waals surface area contributed by atoms with Crippen molar-refractivity contribution in [1.82, 2.24) is 14.8 Å². The second kappa shape index (κ2) is 4.35. The van der Waals surface area contributed by atoms with E-state index in [0.717, 1.165) is 10.6 Å². The summed E-state index contributed by atoms with van der Waals surface area (Å²) in [6.45, 7) is 0.557. The van der Waals surface area contributed by atoms with E-state index in [1.807, 2.05) is 17.5 Å². The van der Waals surface area contributed by atoms with Gasteiger partial charge in [-0.25, -0.2) is 4.98 Å². The second-order valence-corrected chi connectivity index (χ2v) is 4.86. The molecule has 3 rings (SSSR count). The van der Waals surface area contributed by atoms with Crippen LogP contribution in [0.5, 0.6) is 0 Å². The van der Waals surface area contributed by atoms with Crippen molar-refractivity contribution in [1.29, 1.82) is 0 Å². The Balaban J connectivity index is 1.81. The van der Waals surface area contributed by atoms with Gasteiger partial charge in [0.15, 0.2) is 0 Å². The minimum atomic E-state index is 0.557. The van der Waals surface area contributed by atoms with Crippen LogP contribution in [0.1, 0.15) is 5.69 Å². The standard InChI is InChI=1S/C11H8ClN3OS/c12-8-4-13-15(5-8)6-9-7-16-11(14-9)10-2-1-3-17-10/h1-5,7H,6H2. The predicted molar refractivity (Wildman–Crippen MR) is 66.2 cm³/mol. The molecule has 17 heavy (non-hydrogen) atoms. The molecule has 0 atom stereocenters. The Bertz CT molecular complexity index is 614. The first-order chi connectivity index (χ1) is 8.31. The molecule has 0 aliphatic heterocycles. The summed E-state index contributed by atoms with van der Waals surface area (Å²) in [5.74, 6) is 0.647. The number of hydrogen-bond donors (Lipinski definition) is 0. The molecule has 0 aliphatic carbocycles. The zero-order chi connectivity index (χ0) is 11.7. The summed E-state index contributed by atoms with van der Waals surface area (Å²) in [4.78, 5) is 5.42. The molecule has 0 saturated carbocycles. The summed E-state index contributed by atoms with van der Waals surface area (Å²) in [5.41, 5.74) is 0.827. The van der Waals surface area contributed by atoms with Gasteiger partial charge in [-0.05, 0) is 11.4 Å². The molecule has 6 heteroatoms. The second-order valence-electron chi connectivity index (χ2n) is 3.48. The van der Waals surface area contributed by atoms with Crippen LogP contribution in [0.25, 0.3) is 10.8 Å². The number of halogens is 1. The Kier molecular flexibility index (Phi) is 2.70. The van der Waals surface area contributed by atoms with Crippen LogP contribution in [0.15, 0.2) is 40.6 Å². The van der Waals surface area contributed by atoms with Crippen molar-refractivity contribution in [2.24, 2.45) is 0 Å². The van der Waals surface area contributed by atoms with Crippen LogP contribution in [0.3, 0.4) is 0 Å². The molecular formula is C11H8ClN3OS. The van der Waals surface area contributed by atoms with Crippen LogP contribution >= 0.6 is 22.9 Å². The van der Waals surface area contributed by atoms with Gasteiger partial charge in [-0.3, -0.25) is 4.68 Å². The van der Waals surface area contributed by atoms with Crippen molar-refractivity contribution in [3.8, 4) is 10.8 Å². The normalized spacial score (nSPS) is 10.9. The zero-order valence-electron chi connectivity index (χ0n) is 8.71. The Morgan fingerprint density at radius 3 is 3.12 bits per heavy atom. The van der Waals surface area contributed by atoms with Crippen LogP contribution in [-0.4, -0.2) is 14.8 Å². The first-order valence-corrected chi connectivity index (χ1v) is 6.23. The Morgan fingerprint density at radius 1 is 1.47 bits per heavy atom. The summed E-state index contributed by atoms with van der Waals surface area (Å²) in [7, 11) is 0. The number of oxazole rings is 1. The number of rotatable bonds is 3. The molecular weight excluding hydrogens is 258 g/mol. The van der Waals surface area contributed by atoms with Gasteiger partial charge in [0.2, 0.25) is 5.89 Å². The molecule has 0 aliphatic rings. The molecule has 0 spiro atoms. The molecule has 3 aromatic rings. The monoisotopic (exact) mass is 265 g/mol. The quantitative estimate of drug-likeness (QED) is 0.730. The summed E-state index contributed by atoms with van der Waals surface area (Å²) in [5, 5.41) is 6.70. The molecule has 3 heterocycles. The molecule has 0 radical (unpaired) electrons. The maximum atomic E-state index is 5.79. The highest BCUT2D eigenvalue weighted by Crippen LogP contribution is 2.23. The van der Waals surface area contributed by atoms with E-state index in [9.17, 15) is 0 Å². The summed E-state index contributed by atoms with van der Waals surface area (Å²) >= 11 is 7.39. The highest BCUT2D eigenvalue weighted by atomic mass is 35.5. The molecule has 3 aromatic heterocycles. The van der Waals surface area contributed by atoms with Gasteiger partial charge in [0.05, 0.1) is 22.6 Å². The van der Waals surface area contributed by atoms with Crippen molar-refractivity contribution in [3.05, 3.63) is 46.9 Å². The Morgan fingerprint density at radius 2 is 2.41 bits per heavy atom. The van der Waals surface area contributed by atoms with E-state index < -0.39 is 0 Å². The zero-order valence-corrected chi connectivity index (χ0v) is 10.3. The molecule has 4 nitrogen and oxygen atoms in total. The van der Waals surface area contributed by atoms with E-state index in [2.05, 4.69) is 10.1 Å². The van der Waals surface area contributed by atoms with Gasteiger partial charge in [0, 0.05) is 6.20 Å². The van der Waals surface area contributed by atoms with Gasteiger partial charge in [0.25, 0.3) is 0 Å². The minimum Gasteiger partial charge on any atom is -0.443 e. The first kappa shape index (κ1) is 10.6. The topological polar surface area (TPSA) is 43.9 Å². The van der Waals surface area contributed by atoms with Gasteiger partial charge in [-0.2, -0.15) is 5.10 Å². The van der Waals surface area contributed by atoms with Crippen LogP contribution in [0.2, 0.25) is 5.02 Å². The smallest absolute Gasteiger partial charge is 0.236 e. The van der Waals surface area contributed by atoms with E-state index in [1.54, 1.807) is 34.7 Å². The van der Waals surface area contributed by atoms with Crippen molar-refractivity contribution in [2.45, 2.75) is 6.54 Å². The lowest BCUT2D eigenvalue weighted by Crippen LogP contribution is -1.99. The average Bonchev–Trinajstić information content (AvgIpc) is 3.00. The third-order valence-corrected chi connectivity index (χ3v) is 3.26. The summed E-state index contributed by atoms with van der Waals surface area (Å²) < 4.78 is 7.13. The van der Waals surface area contributed by atoms with E-state index in [1.165, 1.54) is 0 Å².